The summed E-state index contributed by atoms with van der Waals surface area (Å²) in [5, 5.41) is 5.05. The molecule has 1 aromatic heterocycles. The lowest BCUT2D eigenvalue weighted by Gasteiger charge is -2.12. The highest BCUT2D eigenvalue weighted by molar-refractivity contribution is 8.00. The van der Waals surface area contributed by atoms with E-state index in [4.69, 9.17) is 0 Å². The Bertz CT molecular complexity index is 926. The standard InChI is InChI=1S/C18H20N4O5S/c1-10(17(26)20-13-6-4-12(5-7-13)19-11(2)23)28-18-21-14(8-15(24)22-18)9-16(25)27-3/h4-8,10H,9H2,1-3H3,(H,19,23)(H,20,26)(H,21,22,24). The molecule has 0 aliphatic heterocycles. The van der Waals surface area contributed by atoms with Gasteiger partial charge in [-0.2, -0.15) is 0 Å². The molecule has 1 heterocycles. The number of aromatic nitrogens is 2. The summed E-state index contributed by atoms with van der Waals surface area (Å²) in [6, 6.07) is 7.88. The quantitative estimate of drug-likeness (QED) is 0.363. The molecule has 1 unspecified atom stereocenters. The van der Waals surface area contributed by atoms with Gasteiger partial charge in [-0.1, -0.05) is 11.8 Å². The molecule has 0 aliphatic rings. The molecular weight excluding hydrogens is 384 g/mol. The third kappa shape index (κ3) is 6.54. The number of aromatic amines is 1. The molecule has 0 spiro atoms. The van der Waals surface area contributed by atoms with Gasteiger partial charge in [0.25, 0.3) is 5.56 Å². The van der Waals surface area contributed by atoms with Crippen LogP contribution in [0.5, 0.6) is 0 Å². The Labute approximate surface area is 165 Å². The van der Waals surface area contributed by atoms with E-state index in [1.165, 1.54) is 20.1 Å². The van der Waals surface area contributed by atoms with Gasteiger partial charge < -0.3 is 20.4 Å². The zero-order chi connectivity index (χ0) is 20.7. The number of ether oxygens (including phenoxy) is 1. The van der Waals surface area contributed by atoms with Crippen molar-refractivity contribution in [1.29, 1.82) is 0 Å². The number of carbonyl (C=O) groups excluding carboxylic acids is 3. The predicted molar refractivity (Wildman–Crippen MR) is 105 cm³/mol. The van der Waals surface area contributed by atoms with Crippen molar-refractivity contribution in [1.82, 2.24) is 9.97 Å². The number of nitrogens with zero attached hydrogens (tertiary/aromatic N) is 1. The van der Waals surface area contributed by atoms with Crippen molar-refractivity contribution in [2.45, 2.75) is 30.7 Å². The summed E-state index contributed by atoms with van der Waals surface area (Å²) in [4.78, 5) is 53.2. The minimum absolute atomic E-state index is 0.130. The second kappa shape index (κ2) is 9.70. The number of hydrogen-bond donors (Lipinski definition) is 3. The van der Waals surface area contributed by atoms with Gasteiger partial charge in [0.15, 0.2) is 5.16 Å². The second-order valence-electron chi connectivity index (χ2n) is 5.80. The van der Waals surface area contributed by atoms with Gasteiger partial charge in [-0.05, 0) is 31.2 Å². The van der Waals surface area contributed by atoms with Gasteiger partial charge in [-0.25, -0.2) is 4.98 Å². The third-order valence-electron chi connectivity index (χ3n) is 3.46. The van der Waals surface area contributed by atoms with E-state index >= 15 is 0 Å². The maximum Gasteiger partial charge on any atom is 0.311 e. The Morgan fingerprint density at radius 1 is 1.18 bits per heavy atom. The van der Waals surface area contributed by atoms with Crippen LogP contribution in [-0.2, 0) is 25.5 Å². The Hall–Kier alpha value is -3.14. The van der Waals surface area contributed by atoms with Crippen molar-refractivity contribution < 1.29 is 19.1 Å². The lowest BCUT2D eigenvalue weighted by Crippen LogP contribution is -2.23. The van der Waals surface area contributed by atoms with Crippen molar-refractivity contribution >= 4 is 40.9 Å². The molecule has 9 nitrogen and oxygen atoms in total. The summed E-state index contributed by atoms with van der Waals surface area (Å²) in [7, 11) is 1.25. The van der Waals surface area contributed by atoms with E-state index in [1.54, 1.807) is 31.2 Å². The first-order chi connectivity index (χ1) is 13.3. The largest absolute Gasteiger partial charge is 0.469 e. The Morgan fingerprint density at radius 2 is 1.79 bits per heavy atom. The highest BCUT2D eigenvalue weighted by Gasteiger charge is 2.17. The molecule has 2 aromatic rings. The van der Waals surface area contributed by atoms with Crippen LogP contribution in [0.3, 0.4) is 0 Å². The SMILES string of the molecule is COC(=O)Cc1cc(=O)[nH]c(SC(C)C(=O)Nc2ccc(NC(C)=O)cc2)n1. The zero-order valence-corrected chi connectivity index (χ0v) is 16.4. The fourth-order valence-corrected chi connectivity index (χ4v) is 2.99. The monoisotopic (exact) mass is 404 g/mol. The van der Waals surface area contributed by atoms with Crippen molar-refractivity contribution in [2.75, 3.05) is 17.7 Å². The van der Waals surface area contributed by atoms with Gasteiger partial charge in [0.2, 0.25) is 11.8 Å². The van der Waals surface area contributed by atoms with E-state index < -0.39 is 16.8 Å². The van der Waals surface area contributed by atoms with Gasteiger partial charge in [0, 0.05) is 24.4 Å². The number of H-pyrrole nitrogens is 1. The van der Waals surface area contributed by atoms with Crippen LogP contribution >= 0.6 is 11.8 Å². The Kier molecular flexibility index (Phi) is 7.33. The van der Waals surface area contributed by atoms with Crippen LogP contribution in [-0.4, -0.2) is 40.1 Å². The number of carbonyl (C=O) groups is 3. The van der Waals surface area contributed by atoms with Crippen LogP contribution in [0.1, 0.15) is 19.5 Å². The Morgan fingerprint density at radius 3 is 2.36 bits per heavy atom. The lowest BCUT2D eigenvalue weighted by atomic mass is 10.2. The van der Waals surface area contributed by atoms with E-state index in [-0.39, 0.29) is 29.1 Å². The molecule has 1 aromatic carbocycles. The molecule has 148 valence electrons. The summed E-state index contributed by atoms with van der Waals surface area (Å²) in [6.07, 6.45) is -0.130. The number of benzene rings is 1. The van der Waals surface area contributed by atoms with Crippen LogP contribution in [0.15, 0.2) is 40.3 Å². The minimum Gasteiger partial charge on any atom is -0.469 e. The number of anilines is 2. The van der Waals surface area contributed by atoms with Gasteiger partial charge in [-0.15, -0.1) is 0 Å². The molecule has 3 N–H and O–H groups in total. The van der Waals surface area contributed by atoms with E-state index in [1.807, 2.05) is 0 Å². The molecule has 2 amide bonds. The molecule has 0 aliphatic carbocycles. The first-order valence-electron chi connectivity index (χ1n) is 8.29. The van der Waals surface area contributed by atoms with Crippen molar-refractivity contribution in [3.05, 3.63) is 46.4 Å². The van der Waals surface area contributed by atoms with Crippen molar-refractivity contribution in [3.8, 4) is 0 Å². The van der Waals surface area contributed by atoms with E-state index in [0.29, 0.717) is 11.4 Å². The lowest BCUT2D eigenvalue weighted by molar-refractivity contribution is -0.139. The van der Waals surface area contributed by atoms with E-state index in [0.717, 1.165) is 11.8 Å². The minimum atomic E-state index is -0.563. The first kappa shape index (κ1) is 21.2. The van der Waals surface area contributed by atoms with Crippen LogP contribution in [0.4, 0.5) is 11.4 Å². The van der Waals surface area contributed by atoms with Crippen LogP contribution in [0.25, 0.3) is 0 Å². The molecule has 0 saturated heterocycles. The van der Waals surface area contributed by atoms with Gasteiger partial charge in [0.05, 0.1) is 24.5 Å². The molecule has 28 heavy (non-hydrogen) atoms. The van der Waals surface area contributed by atoms with Crippen molar-refractivity contribution in [2.24, 2.45) is 0 Å². The van der Waals surface area contributed by atoms with Crippen molar-refractivity contribution in [3.63, 3.8) is 0 Å². The maximum absolute atomic E-state index is 12.4. The normalized spacial score (nSPS) is 11.4. The van der Waals surface area contributed by atoms with Gasteiger partial charge >= 0.3 is 5.97 Å². The molecule has 1 atom stereocenters. The molecule has 2 rings (SSSR count). The topological polar surface area (TPSA) is 130 Å². The molecule has 0 saturated carbocycles. The van der Waals surface area contributed by atoms with Crippen LogP contribution in [0, 0.1) is 0 Å². The summed E-state index contributed by atoms with van der Waals surface area (Å²) < 4.78 is 4.56. The summed E-state index contributed by atoms with van der Waals surface area (Å²) in [6.45, 7) is 3.08. The molecule has 0 radical (unpaired) electrons. The first-order valence-corrected chi connectivity index (χ1v) is 9.17. The molecule has 0 bridgehead atoms. The van der Waals surface area contributed by atoms with E-state index in [2.05, 4.69) is 25.3 Å². The summed E-state index contributed by atoms with van der Waals surface area (Å²) in [5.41, 5.74) is 1.03. The fourth-order valence-electron chi connectivity index (χ4n) is 2.15. The molecule has 0 fully saturated rings. The number of hydrogen-bond acceptors (Lipinski definition) is 7. The van der Waals surface area contributed by atoms with E-state index in [9.17, 15) is 19.2 Å². The number of esters is 1. The predicted octanol–water partition coefficient (Wildman–Crippen LogP) is 1.56. The summed E-state index contributed by atoms with van der Waals surface area (Å²) >= 11 is 1.06. The highest BCUT2D eigenvalue weighted by atomic mass is 32.2. The van der Waals surface area contributed by atoms with Crippen LogP contribution in [0.2, 0.25) is 0 Å². The maximum atomic E-state index is 12.4. The smallest absolute Gasteiger partial charge is 0.311 e. The Balaban J connectivity index is 2.01. The average Bonchev–Trinajstić information content (AvgIpc) is 2.62. The number of methoxy groups -OCH3 is 1. The van der Waals surface area contributed by atoms with Gasteiger partial charge in [-0.3, -0.25) is 19.2 Å². The second-order valence-corrected chi connectivity index (χ2v) is 7.13. The molecule has 10 heteroatoms. The number of rotatable bonds is 7. The van der Waals surface area contributed by atoms with Crippen LogP contribution < -0.4 is 16.2 Å². The zero-order valence-electron chi connectivity index (χ0n) is 15.6. The average molecular weight is 404 g/mol. The molecular formula is C18H20N4O5S. The highest BCUT2D eigenvalue weighted by Crippen LogP contribution is 2.21. The fraction of sp³-hybridized carbons (Fsp3) is 0.278. The number of thioether (sulfide) groups is 1. The summed E-state index contributed by atoms with van der Waals surface area (Å²) in [5.74, 6) is -0.987. The number of nitrogens with one attached hydrogen (secondary N) is 3. The third-order valence-corrected chi connectivity index (χ3v) is 4.44. The number of amides is 2. The van der Waals surface area contributed by atoms with Gasteiger partial charge in [0.1, 0.15) is 0 Å².